The molecule has 0 aliphatic rings. The Kier molecular flexibility index (Phi) is 4.42. The van der Waals surface area contributed by atoms with E-state index < -0.39 is 5.97 Å². The van der Waals surface area contributed by atoms with Gasteiger partial charge in [-0.25, -0.2) is 4.79 Å². The van der Waals surface area contributed by atoms with Crippen LogP contribution in [0.5, 0.6) is 0 Å². The van der Waals surface area contributed by atoms with Crippen molar-refractivity contribution in [3.8, 4) is 0 Å². The van der Waals surface area contributed by atoms with Crippen LogP contribution in [0.3, 0.4) is 0 Å². The lowest BCUT2D eigenvalue weighted by Gasteiger charge is -2.05. The topological polar surface area (TPSA) is 87.0 Å². The monoisotopic (exact) mass is 311 g/mol. The van der Waals surface area contributed by atoms with Gasteiger partial charge in [0.1, 0.15) is 5.69 Å². The second-order valence-corrected chi connectivity index (χ2v) is 5.12. The minimum absolute atomic E-state index is 0.286. The Labute approximate surface area is 132 Å². The fraction of sp³-hybridized carbons (Fsp3) is 0.176. The molecule has 3 aromatic rings. The molecule has 0 radical (unpaired) electrons. The van der Waals surface area contributed by atoms with Crippen molar-refractivity contribution >= 4 is 22.8 Å². The minimum Gasteiger partial charge on any atom is -0.451 e. The van der Waals surface area contributed by atoms with Gasteiger partial charge in [-0.3, -0.25) is 4.79 Å². The van der Waals surface area contributed by atoms with Gasteiger partial charge in [0.15, 0.2) is 6.61 Å². The first-order chi connectivity index (χ1) is 11.2. The Hall–Kier alpha value is -3.02. The maximum absolute atomic E-state index is 11.7. The molecule has 2 aromatic heterocycles. The number of carbonyl (C=O) groups is 2. The lowest BCUT2D eigenvalue weighted by atomic mass is 10.1. The largest absolute Gasteiger partial charge is 0.451 e. The van der Waals surface area contributed by atoms with E-state index in [9.17, 15) is 9.59 Å². The van der Waals surface area contributed by atoms with Crippen molar-refractivity contribution in [2.24, 2.45) is 0 Å². The molecule has 0 bridgehead atoms. The number of hydrogen-bond donors (Lipinski definition) is 3. The third kappa shape index (κ3) is 3.60. The zero-order valence-electron chi connectivity index (χ0n) is 12.5. The van der Waals surface area contributed by atoms with Crippen LogP contribution < -0.4 is 5.32 Å². The average Bonchev–Trinajstić information content (AvgIpc) is 3.23. The summed E-state index contributed by atoms with van der Waals surface area (Å²) in [6, 6.07) is 11.3. The number of para-hydroxylation sites is 1. The Bertz CT molecular complexity index is 805. The number of aromatic nitrogens is 2. The van der Waals surface area contributed by atoms with Crippen LogP contribution in [0.1, 0.15) is 16.1 Å². The highest BCUT2D eigenvalue weighted by Gasteiger charge is 2.10. The van der Waals surface area contributed by atoms with Gasteiger partial charge in [-0.2, -0.15) is 0 Å². The van der Waals surface area contributed by atoms with Crippen LogP contribution in [0.2, 0.25) is 0 Å². The van der Waals surface area contributed by atoms with Crippen molar-refractivity contribution in [3.63, 3.8) is 0 Å². The van der Waals surface area contributed by atoms with Crippen molar-refractivity contribution < 1.29 is 14.3 Å². The molecule has 23 heavy (non-hydrogen) atoms. The molecule has 1 amide bonds. The maximum atomic E-state index is 11.7. The van der Waals surface area contributed by atoms with E-state index in [1.807, 2.05) is 30.5 Å². The Morgan fingerprint density at radius 3 is 2.78 bits per heavy atom. The third-order valence-corrected chi connectivity index (χ3v) is 3.54. The number of hydrogen-bond acceptors (Lipinski definition) is 3. The SMILES string of the molecule is O=C(COC(=O)c1ccc[nH]1)NCCc1c[nH]c2ccccc12. The number of rotatable bonds is 6. The molecule has 0 atom stereocenters. The average molecular weight is 311 g/mol. The maximum Gasteiger partial charge on any atom is 0.355 e. The zero-order valence-corrected chi connectivity index (χ0v) is 12.5. The number of benzene rings is 1. The summed E-state index contributed by atoms with van der Waals surface area (Å²) in [5.74, 6) is -0.855. The highest BCUT2D eigenvalue weighted by molar-refractivity contribution is 5.89. The van der Waals surface area contributed by atoms with E-state index in [0.717, 1.165) is 16.5 Å². The smallest absolute Gasteiger partial charge is 0.355 e. The molecule has 0 saturated heterocycles. The van der Waals surface area contributed by atoms with Gasteiger partial charge < -0.3 is 20.0 Å². The second-order valence-electron chi connectivity index (χ2n) is 5.12. The van der Waals surface area contributed by atoms with Gasteiger partial charge in [-0.05, 0) is 30.2 Å². The number of fused-ring (bicyclic) bond motifs is 1. The van der Waals surface area contributed by atoms with Crippen LogP contribution in [-0.2, 0) is 16.0 Å². The number of aromatic amines is 2. The molecule has 0 aliphatic heterocycles. The molecule has 0 fully saturated rings. The predicted molar refractivity (Wildman–Crippen MR) is 86.1 cm³/mol. The minimum atomic E-state index is -0.540. The van der Waals surface area contributed by atoms with Gasteiger partial charge in [0.2, 0.25) is 0 Å². The summed E-state index contributed by atoms with van der Waals surface area (Å²) in [5, 5.41) is 3.90. The van der Waals surface area contributed by atoms with Crippen LogP contribution in [0, 0.1) is 0 Å². The lowest BCUT2D eigenvalue weighted by molar-refractivity contribution is -0.124. The van der Waals surface area contributed by atoms with Gasteiger partial charge in [0, 0.05) is 29.8 Å². The predicted octanol–water partition coefficient (Wildman–Crippen LogP) is 2.01. The highest BCUT2D eigenvalue weighted by atomic mass is 16.5. The summed E-state index contributed by atoms with van der Waals surface area (Å²) in [6.07, 6.45) is 4.28. The summed E-state index contributed by atoms with van der Waals surface area (Å²) in [7, 11) is 0. The molecule has 0 aliphatic carbocycles. The normalized spacial score (nSPS) is 10.6. The van der Waals surface area contributed by atoms with Crippen molar-refractivity contribution in [2.45, 2.75) is 6.42 Å². The standard InChI is InChI=1S/C17H17N3O3/c21-16(11-23-17(22)15-6-3-8-18-15)19-9-7-12-10-20-14-5-2-1-4-13(12)14/h1-6,8,10,18,20H,7,9,11H2,(H,19,21). The van der Waals surface area contributed by atoms with E-state index in [1.54, 1.807) is 18.3 Å². The highest BCUT2D eigenvalue weighted by Crippen LogP contribution is 2.17. The summed E-state index contributed by atoms with van der Waals surface area (Å²) in [6.45, 7) is 0.201. The Morgan fingerprint density at radius 1 is 1.09 bits per heavy atom. The summed E-state index contributed by atoms with van der Waals surface area (Å²) >= 11 is 0. The number of esters is 1. The number of H-pyrrole nitrogens is 2. The van der Waals surface area contributed by atoms with Crippen molar-refractivity contribution in [3.05, 3.63) is 60.0 Å². The Balaban J connectivity index is 1.43. The van der Waals surface area contributed by atoms with E-state index in [-0.39, 0.29) is 12.5 Å². The molecule has 118 valence electrons. The number of carbonyl (C=O) groups excluding carboxylic acids is 2. The summed E-state index contributed by atoms with van der Waals surface area (Å²) < 4.78 is 4.92. The van der Waals surface area contributed by atoms with Gasteiger partial charge in [-0.15, -0.1) is 0 Å². The fourth-order valence-corrected chi connectivity index (χ4v) is 2.39. The molecule has 3 rings (SSSR count). The second kappa shape index (κ2) is 6.83. The van der Waals surface area contributed by atoms with E-state index in [0.29, 0.717) is 18.7 Å². The van der Waals surface area contributed by atoms with Crippen LogP contribution >= 0.6 is 0 Å². The quantitative estimate of drug-likeness (QED) is 0.609. The lowest BCUT2D eigenvalue weighted by Crippen LogP contribution is -2.30. The van der Waals surface area contributed by atoms with Crippen molar-refractivity contribution in [2.75, 3.05) is 13.2 Å². The van der Waals surface area contributed by atoms with Crippen LogP contribution in [0.25, 0.3) is 10.9 Å². The molecule has 2 heterocycles. The summed E-state index contributed by atoms with van der Waals surface area (Å²) in [4.78, 5) is 29.2. The number of nitrogens with one attached hydrogen (secondary N) is 3. The van der Waals surface area contributed by atoms with Crippen LogP contribution in [0.4, 0.5) is 0 Å². The molecular formula is C17H17N3O3. The molecule has 0 spiro atoms. The fourth-order valence-electron chi connectivity index (χ4n) is 2.39. The van der Waals surface area contributed by atoms with E-state index in [4.69, 9.17) is 4.74 Å². The van der Waals surface area contributed by atoms with Gasteiger partial charge in [-0.1, -0.05) is 18.2 Å². The molecular weight excluding hydrogens is 294 g/mol. The third-order valence-electron chi connectivity index (χ3n) is 3.54. The Morgan fingerprint density at radius 2 is 1.96 bits per heavy atom. The van der Waals surface area contributed by atoms with Crippen molar-refractivity contribution in [1.82, 2.24) is 15.3 Å². The van der Waals surface area contributed by atoms with Crippen molar-refractivity contribution in [1.29, 1.82) is 0 Å². The zero-order chi connectivity index (χ0) is 16.1. The first-order valence-corrected chi connectivity index (χ1v) is 7.36. The van der Waals surface area contributed by atoms with Crippen LogP contribution in [0.15, 0.2) is 48.8 Å². The number of amides is 1. The molecule has 0 unspecified atom stereocenters. The summed E-state index contributed by atoms with van der Waals surface area (Å²) in [5.41, 5.74) is 2.55. The number of ether oxygens (including phenoxy) is 1. The van der Waals surface area contributed by atoms with Gasteiger partial charge in [0.05, 0.1) is 0 Å². The molecule has 3 N–H and O–H groups in total. The first-order valence-electron chi connectivity index (χ1n) is 7.36. The van der Waals surface area contributed by atoms with E-state index >= 15 is 0 Å². The first kappa shape index (κ1) is 14.9. The van der Waals surface area contributed by atoms with Crippen LogP contribution in [-0.4, -0.2) is 35.0 Å². The molecule has 0 saturated carbocycles. The van der Waals surface area contributed by atoms with E-state index in [2.05, 4.69) is 15.3 Å². The van der Waals surface area contributed by atoms with E-state index in [1.165, 1.54) is 0 Å². The molecule has 6 nitrogen and oxygen atoms in total. The molecule has 6 heteroatoms. The van der Waals surface area contributed by atoms with Gasteiger partial charge >= 0.3 is 5.97 Å². The molecule has 1 aromatic carbocycles. The van der Waals surface area contributed by atoms with Gasteiger partial charge in [0.25, 0.3) is 5.91 Å².